The van der Waals surface area contributed by atoms with Gasteiger partial charge < -0.3 is 25.4 Å². The standard InChI is InChI=1S/C37H52FNO8S/c1-3-4-5-9-14-25-48(46)26-15-10-7-6-8-11-17-31(37(45,36(43)44)23-24-47-2)34(40)39-33(35(41)42)27-28-19-21-29(22-20-28)30-16-12-13-18-32(30)38/h11-13,16-22,31,33,45H,3-10,14-15,23-27H2,1-2H3,(H,39,40)(H,41,42)(H,43,44)/b17-11+/t31-,33+,37+,48?/m1/s1. The smallest absolute Gasteiger partial charge is 0.336 e. The SMILES string of the molecule is CCCCCCCS(=O)CCCCCC/C=C/[C@H](C(=O)N[C@@H](Cc1ccc(-c2ccccc2F)cc1)C(=O)O)[C@@](O)(CCOC)C(=O)O. The van der Waals surface area contributed by atoms with Crippen LogP contribution in [0.1, 0.15) is 83.1 Å². The highest BCUT2D eigenvalue weighted by Gasteiger charge is 2.47. The third kappa shape index (κ3) is 14.0. The van der Waals surface area contributed by atoms with Crippen LogP contribution in [0.2, 0.25) is 0 Å². The molecule has 0 fully saturated rings. The van der Waals surface area contributed by atoms with Crippen molar-refractivity contribution >= 4 is 28.6 Å². The van der Waals surface area contributed by atoms with Gasteiger partial charge >= 0.3 is 11.9 Å². The van der Waals surface area contributed by atoms with E-state index in [9.17, 15) is 38.3 Å². The summed E-state index contributed by atoms with van der Waals surface area (Å²) in [5, 5.41) is 33.5. The summed E-state index contributed by atoms with van der Waals surface area (Å²) >= 11 is 0. The monoisotopic (exact) mass is 689 g/mol. The number of carbonyl (C=O) groups is 3. The van der Waals surface area contributed by atoms with Gasteiger partial charge in [0.15, 0.2) is 5.60 Å². The summed E-state index contributed by atoms with van der Waals surface area (Å²) in [6.07, 6.45) is 12.0. The Kier molecular flexibility index (Phi) is 18.9. The van der Waals surface area contributed by atoms with E-state index < -0.39 is 58.4 Å². The zero-order chi connectivity index (χ0) is 35.4. The van der Waals surface area contributed by atoms with E-state index in [2.05, 4.69) is 12.2 Å². The summed E-state index contributed by atoms with van der Waals surface area (Å²) in [5.41, 5.74) is -0.989. The fourth-order valence-corrected chi connectivity index (χ4v) is 6.67. The Morgan fingerprint density at radius 1 is 0.938 bits per heavy atom. The average Bonchev–Trinajstić information content (AvgIpc) is 3.06. The minimum Gasteiger partial charge on any atom is -0.480 e. The number of carboxylic acid groups (broad SMARTS) is 2. The topological polar surface area (TPSA) is 150 Å². The van der Waals surface area contributed by atoms with E-state index in [0.29, 0.717) is 28.9 Å². The Labute approximate surface area is 286 Å². The van der Waals surface area contributed by atoms with Crippen molar-refractivity contribution in [1.82, 2.24) is 5.32 Å². The number of unbranched alkanes of at least 4 members (excludes halogenated alkanes) is 8. The van der Waals surface area contributed by atoms with Crippen LogP contribution in [0.4, 0.5) is 4.39 Å². The van der Waals surface area contributed by atoms with Crippen LogP contribution in [-0.2, 0) is 36.3 Å². The number of carboxylic acids is 2. The predicted molar refractivity (Wildman–Crippen MR) is 187 cm³/mol. The molecule has 4 N–H and O–H groups in total. The van der Waals surface area contributed by atoms with E-state index in [0.717, 1.165) is 44.3 Å². The lowest BCUT2D eigenvalue weighted by Crippen LogP contribution is -2.55. The van der Waals surface area contributed by atoms with Gasteiger partial charge in [-0.05, 0) is 42.9 Å². The fraction of sp³-hybridized carbons (Fsp3) is 0.541. The molecule has 4 atom stereocenters. The Hall–Kier alpha value is -3.41. The molecular formula is C37H52FNO8S. The van der Waals surface area contributed by atoms with Gasteiger partial charge in [0.05, 0.1) is 5.92 Å². The van der Waals surface area contributed by atoms with E-state index in [4.69, 9.17) is 4.74 Å². The second-order valence-corrected chi connectivity index (χ2v) is 13.8. The lowest BCUT2D eigenvalue weighted by Gasteiger charge is -2.30. The van der Waals surface area contributed by atoms with Gasteiger partial charge in [0.25, 0.3) is 0 Å². The molecule has 266 valence electrons. The number of allylic oxidation sites excluding steroid dienone is 1. The Bertz CT molecular complexity index is 1330. The molecule has 11 heteroatoms. The lowest BCUT2D eigenvalue weighted by molar-refractivity contribution is -0.168. The highest BCUT2D eigenvalue weighted by atomic mass is 32.2. The minimum absolute atomic E-state index is 0.123. The number of methoxy groups -OCH3 is 1. The highest BCUT2D eigenvalue weighted by Crippen LogP contribution is 2.26. The summed E-state index contributed by atoms with van der Waals surface area (Å²) in [4.78, 5) is 37.9. The first kappa shape index (κ1) is 40.8. The number of nitrogens with one attached hydrogen (secondary N) is 1. The fourth-order valence-electron chi connectivity index (χ4n) is 5.41. The summed E-state index contributed by atoms with van der Waals surface area (Å²) in [7, 11) is 0.539. The van der Waals surface area contributed by atoms with Crippen molar-refractivity contribution in [2.75, 3.05) is 25.2 Å². The number of halogens is 1. The highest BCUT2D eigenvalue weighted by molar-refractivity contribution is 7.84. The van der Waals surface area contributed by atoms with Crippen LogP contribution in [0.25, 0.3) is 11.1 Å². The number of carbonyl (C=O) groups excluding carboxylic acids is 1. The molecule has 0 aromatic heterocycles. The zero-order valence-electron chi connectivity index (χ0n) is 28.2. The lowest BCUT2D eigenvalue weighted by atomic mass is 9.83. The van der Waals surface area contributed by atoms with E-state index in [1.807, 2.05) is 0 Å². The molecule has 2 aromatic carbocycles. The molecule has 0 saturated carbocycles. The van der Waals surface area contributed by atoms with E-state index >= 15 is 0 Å². The summed E-state index contributed by atoms with van der Waals surface area (Å²) < 4.78 is 31.4. The average molecular weight is 690 g/mol. The van der Waals surface area contributed by atoms with Crippen LogP contribution >= 0.6 is 0 Å². The van der Waals surface area contributed by atoms with Crippen molar-refractivity contribution in [1.29, 1.82) is 0 Å². The first-order valence-electron chi connectivity index (χ1n) is 16.9. The van der Waals surface area contributed by atoms with Crippen LogP contribution < -0.4 is 5.32 Å². The van der Waals surface area contributed by atoms with Crippen molar-refractivity contribution in [2.24, 2.45) is 5.92 Å². The first-order valence-corrected chi connectivity index (χ1v) is 18.4. The Balaban J connectivity index is 2.02. The molecular weight excluding hydrogens is 637 g/mol. The van der Waals surface area contributed by atoms with Gasteiger partial charge in [0.1, 0.15) is 11.9 Å². The number of hydrogen-bond acceptors (Lipinski definition) is 6. The van der Waals surface area contributed by atoms with E-state index in [1.54, 1.807) is 48.5 Å². The van der Waals surface area contributed by atoms with Crippen LogP contribution in [0, 0.1) is 11.7 Å². The van der Waals surface area contributed by atoms with Gasteiger partial charge in [-0.25, -0.2) is 14.0 Å². The van der Waals surface area contributed by atoms with Crippen molar-refractivity contribution < 1.29 is 43.0 Å². The second kappa shape index (κ2) is 22.3. The number of rotatable bonds is 25. The van der Waals surface area contributed by atoms with Crippen molar-refractivity contribution in [2.45, 2.75) is 95.6 Å². The van der Waals surface area contributed by atoms with Crippen LogP contribution in [0.5, 0.6) is 0 Å². The molecule has 2 aromatic rings. The molecule has 48 heavy (non-hydrogen) atoms. The number of ether oxygens (including phenoxy) is 1. The summed E-state index contributed by atoms with van der Waals surface area (Å²) in [6.45, 7) is 2.03. The van der Waals surface area contributed by atoms with Crippen molar-refractivity contribution in [3.05, 3.63) is 72.1 Å². The number of amides is 1. The van der Waals surface area contributed by atoms with Crippen LogP contribution in [0.3, 0.4) is 0 Å². The van der Waals surface area contributed by atoms with Crippen molar-refractivity contribution in [3.8, 4) is 11.1 Å². The van der Waals surface area contributed by atoms with Gasteiger partial charge in [0, 0.05) is 54.4 Å². The van der Waals surface area contributed by atoms with Gasteiger partial charge in [-0.1, -0.05) is 100 Å². The molecule has 9 nitrogen and oxygen atoms in total. The maximum atomic E-state index is 14.2. The molecule has 0 spiro atoms. The second-order valence-electron chi connectivity index (χ2n) is 12.1. The molecule has 0 saturated heterocycles. The molecule has 2 rings (SSSR count). The molecule has 0 aliphatic rings. The quantitative estimate of drug-likeness (QED) is 0.0701. The van der Waals surface area contributed by atoms with Crippen LogP contribution in [0.15, 0.2) is 60.7 Å². The number of aliphatic carboxylic acids is 2. The third-order valence-electron chi connectivity index (χ3n) is 8.34. The molecule has 0 aliphatic heterocycles. The Morgan fingerprint density at radius 3 is 2.15 bits per heavy atom. The molecule has 0 heterocycles. The van der Waals surface area contributed by atoms with E-state index in [-0.39, 0.29) is 13.0 Å². The maximum absolute atomic E-state index is 14.2. The normalized spacial score (nSPS) is 14.7. The molecule has 0 bridgehead atoms. The molecule has 1 amide bonds. The van der Waals surface area contributed by atoms with Gasteiger partial charge in [-0.2, -0.15) is 0 Å². The molecule has 0 radical (unpaired) electrons. The number of hydrogen-bond donors (Lipinski definition) is 4. The minimum atomic E-state index is -2.54. The maximum Gasteiger partial charge on any atom is 0.336 e. The number of aliphatic hydroxyl groups is 1. The van der Waals surface area contributed by atoms with Gasteiger partial charge in [-0.3, -0.25) is 9.00 Å². The first-order chi connectivity index (χ1) is 23.0. The van der Waals surface area contributed by atoms with E-state index in [1.165, 1.54) is 38.5 Å². The third-order valence-corrected chi connectivity index (χ3v) is 9.83. The van der Waals surface area contributed by atoms with Gasteiger partial charge in [-0.15, -0.1) is 0 Å². The summed E-state index contributed by atoms with van der Waals surface area (Å²) in [5.74, 6) is -4.46. The number of benzene rings is 2. The summed E-state index contributed by atoms with van der Waals surface area (Å²) in [6, 6.07) is 11.4. The largest absolute Gasteiger partial charge is 0.480 e. The predicted octanol–water partition coefficient (Wildman–Crippen LogP) is 6.30. The Morgan fingerprint density at radius 2 is 1.56 bits per heavy atom. The van der Waals surface area contributed by atoms with Gasteiger partial charge in [0.2, 0.25) is 5.91 Å². The van der Waals surface area contributed by atoms with Crippen LogP contribution in [-0.4, -0.2) is 74.2 Å². The van der Waals surface area contributed by atoms with Crippen molar-refractivity contribution in [3.63, 3.8) is 0 Å². The molecule has 1 unspecified atom stereocenters. The molecule has 0 aliphatic carbocycles. The zero-order valence-corrected chi connectivity index (χ0v) is 29.0.